The van der Waals surface area contributed by atoms with Crippen molar-refractivity contribution in [3.05, 3.63) is 46.6 Å². The smallest absolute Gasteiger partial charge is 0.220 e. The number of aryl methyl sites for hydroxylation is 2. The first kappa shape index (κ1) is 19.9. The summed E-state index contributed by atoms with van der Waals surface area (Å²) in [6, 6.07) is 9.90. The Balaban J connectivity index is 1.78. The maximum atomic E-state index is 4.93. The molecule has 0 atom stereocenters. The van der Waals surface area contributed by atoms with E-state index in [0.29, 0.717) is 5.16 Å². The molecule has 4 rings (SSSR count). The number of aromatic nitrogens is 6. The van der Waals surface area contributed by atoms with Gasteiger partial charge in [0.1, 0.15) is 15.7 Å². The summed E-state index contributed by atoms with van der Waals surface area (Å²) in [6.45, 7) is 11.2. The van der Waals surface area contributed by atoms with Crippen LogP contribution in [0.1, 0.15) is 30.1 Å². The van der Waals surface area contributed by atoms with Gasteiger partial charge in [0.2, 0.25) is 5.16 Å². The van der Waals surface area contributed by atoms with E-state index in [1.165, 1.54) is 22.2 Å². The fourth-order valence-corrected chi connectivity index (χ4v) is 5.20. The van der Waals surface area contributed by atoms with Crippen molar-refractivity contribution in [2.75, 3.05) is 13.1 Å². The van der Waals surface area contributed by atoms with Gasteiger partial charge in [0, 0.05) is 10.3 Å². The van der Waals surface area contributed by atoms with Gasteiger partial charge in [-0.25, -0.2) is 9.97 Å². The average Bonchev–Trinajstić information content (AvgIpc) is 3.31. The number of nitrogens with zero attached hydrogens (tertiary/aromatic N) is 7. The van der Waals surface area contributed by atoms with Crippen LogP contribution in [0.2, 0.25) is 0 Å². The third kappa shape index (κ3) is 4.03. The lowest BCUT2D eigenvalue weighted by Crippen LogP contribution is -2.23. The van der Waals surface area contributed by atoms with Crippen LogP contribution in [0.15, 0.2) is 40.5 Å². The average molecular weight is 426 g/mol. The summed E-state index contributed by atoms with van der Waals surface area (Å²) < 4.78 is 1.75. The maximum Gasteiger partial charge on any atom is 0.220 e. The second-order valence-electron chi connectivity index (χ2n) is 6.68. The number of tetrazole rings is 1. The molecule has 0 amide bonds. The molecule has 7 nitrogen and oxygen atoms in total. The minimum absolute atomic E-state index is 0.688. The van der Waals surface area contributed by atoms with Crippen LogP contribution in [0.3, 0.4) is 0 Å². The topological polar surface area (TPSA) is 72.6 Å². The number of hydrogen-bond acceptors (Lipinski definition) is 8. The van der Waals surface area contributed by atoms with Crippen LogP contribution in [0.4, 0.5) is 0 Å². The van der Waals surface area contributed by atoms with Crippen LogP contribution < -0.4 is 0 Å². The molecule has 0 aliphatic rings. The summed E-state index contributed by atoms with van der Waals surface area (Å²) >= 11 is 3.21. The van der Waals surface area contributed by atoms with Crippen molar-refractivity contribution in [3.8, 4) is 5.69 Å². The molecule has 1 aromatic carbocycles. The second-order valence-corrected chi connectivity index (χ2v) is 8.84. The van der Waals surface area contributed by atoms with Gasteiger partial charge in [-0.3, -0.25) is 4.90 Å². The highest BCUT2D eigenvalue weighted by molar-refractivity contribution is 7.99. The van der Waals surface area contributed by atoms with Gasteiger partial charge in [-0.15, -0.1) is 16.4 Å². The Morgan fingerprint density at radius 1 is 1.07 bits per heavy atom. The van der Waals surface area contributed by atoms with Crippen molar-refractivity contribution in [1.82, 2.24) is 35.1 Å². The third-order valence-corrected chi connectivity index (χ3v) is 6.96. The van der Waals surface area contributed by atoms with Crippen LogP contribution in [-0.2, 0) is 6.54 Å². The molecule has 0 spiro atoms. The molecular weight excluding hydrogens is 402 g/mol. The Hall–Kier alpha value is -2.36. The van der Waals surface area contributed by atoms with Crippen molar-refractivity contribution in [2.24, 2.45) is 0 Å². The Morgan fingerprint density at radius 2 is 1.83 bits per heavy atom. The predicted molar refractivity (Wildman–Crippen MR) is 117 cm³/mol. The van der Waals surface area contributed by atoms with Crippen molar-refractivity contribution < 1.29 is 0 Å². The van der Waals surface area contributed by atoms with Crippen LogP contribution in [0, 0.1) is 13.8 Å². The molecular formula is C20H23N7S2. The molecule has 0 aliphatic carbocycles. The van der Waals surface area contributed by atoms with Crippen molar-refractivity contribution in [1.29, 1.82) is 0 Å². The van der Waals surface area contributed by atoms with Crippen LogP contribution in [0.5, 0.6) is 0 Å². The summed E-state index contributed by atoms with van der Waals surface area (Å²) in [7, 11) is 0. The van der Waals surface area contributed by atoms with E-state index in [1.54, 1.807) is 16.0 Å². The number of hydrogen-bond donors (Lipinski definition) is 0. The lowest BCUT2D eigenvalue weighted by atomic mass is 10.2. The highest BCUT2D eigenvalue weighted by atomic mass is 32.2. The zero-order valence-corrected chi connectivity index (χ0v) is 18.6. The standard InChI is InChI=1S/C20H23N7S2/c1-5-26(6-2)12-16-21-18-17(13(3)14(4)28-18)19(22-16)29-20-23-24-25-27(20)15-10-8-7-9-11-15/h7-11H,5-6,12H2,1-4H3. The Morgan fingerprint density at radius 3 is 2.55 bits per heavy atom. The van der Waals surface area contributed by atoms with Crippen molar-refractivity contribution in [2.45, 2.75) is 44.4 Å². The van der Waals surface area contributed by atoms with Crippen molar-refractivity contribution in [3.63, 3.8) is 0 Å². The second kappa shape index (κ2) is 8.56. The van der Waals surface area contributed by atoms with Crippen LogP contribution in [0.25, 0.3) is 15.9 Å². The maximum absolute atomic E-state index is 4.93. The number of rotatable bonds is 7. The van der Waals surface area contributed by atoms with E-state index >= 15 is 0 Å². The Labute approximate surface area is 178 Å². The van der Waals surface area contributed by atoms with Gasteiger partial charge in [0.05, 0.1) is 12.2 Å². The minimum atomic E-state index is 0.688. The highest BCUT2D eigenvalue weighted by Gasteiger charge is 2.19. The predicted octanol–water partition coefficient (Wildman–Crippen LogP) is 4.28. The highest BCUT2D eigenvalue weighted by Crippen LogP contribution is 2.37. The molecule has 0 fully saturated rings. The van der Waals surface area contributed by atoms with Crippen LogP contribution in [-0.4, -0.2) is 48.2 Å². The number of para-hydroxylation sites is 1. The van der Waals surface area contributed by atoms with Gasteiger partial charge in [0.25, 0.3) is 0 Å². The first-order valence-corrected chi connectivity index (χ1v) is 11.2. The Kier molecular flexibility index (Phi) is 5.89. The molecule has 0 unspecified atom stereocenters. The van der Waals surface area contributed by atoms with E-state index in [2.05, 4.69) is 48.1 Å². The van der Waals surface area contributed by atoms with Gasteiger partial charge in [-0.1, -0.05) is 32.0 Å². The van der Waals surface area contributed by atoms with Gasteiger partial charge in [0.15, 0.2) is 0 Å². The fraction of sp³-hybridized carbons (Fsp3) is 0.350. The third-order valence-electron chi connectivity index (χ3n) is 4.93. The lowest BCUT2D eigenvalue weighted by Gasteiger charge is -2.17. The SMILES string of the molecule is CCN(CC)Cc1nc(Sc2nnnn2-c2ccccc2)c2c(C)c(C)sc2n1. The molecule has 4 aromatic rings. The lowest BCUT2D eigenvalue weighted by molar-refractivity contribution is 0.288. The minimum Gasteiger partial charge on any atom is -0.296 e. The summed E-state index contributed by atoms with van der Waals surface area (Å²) in [5, 5.41) is 15.0. The molecule has 0 radical (unpaired) electrons. The van der Waals surface area contributed by atoms with Gasteiger partial charge >= 0.3 is 0 Å². The molecule has 0 bridgehead atoms. The quantitative estimate of drug-likeness (QED) is 0.409. The first-order chi connectivity index (χ1) is 14.1. The summed E-state index contributed by atoms with van der Waals surface area (Å²) in [5.41, 5.74) is 2.15. The van der Waals surface area contributed by atoms with E-state index in [0.717, 1.165) is 46.4 Å². The fourth-order valence-electron chi connectivity index (χ4n) is 3.11. The molecule has 0 saturated carbocycles. The molecule has 0 saturated heterocycles. The van der Waals surface area contributed by atoms with Gasteiger partial charge < -0.3 is 0 Å². The first-order valence-electron chi connectivity index (χ1n) is 9.61. The molecule has 0 aliphatic heterocycles. The van der Waals surface area contributed by atoms with E-state index in [-0.39, 0.29) is 0 Å². The summed E-state index contributed by atoms with van der Waals surface area (Å²) in [4.78, 5) is 14.4. The van der Waals surface area contributed by atoms with Gasteiger partial charge in [-0.05, 0) is 66.8 Å². The van der Waals surface area contributed by atoms with E-state index in [1.807, 2.05) is 30.3 Å². The number of benzene rings is 1. The van der Waals surface area contributed by atoms with Gasteiger partial charge in [-0.2, -0.15) is 4.68 Å². The van der Waals surface area contributed by atoms with Crippen LogP contribution >= 0.6 is 23.1 Å². The molecule has 9 heteroatoms. The summed E-state index contributed by atoms with van der Waals surface area (Å²) in [5.74, 6) is 0.837. The molecule has 29 heavy (non-hydrogen) atoms. The largest absolute Gasteiger partial charge is 0.296 e. The normalized spacial score (nSPS) is 11.6. The zero-order valence-electron chi connectivity index (χ0n) is 17.0. The molecule has 3 aromatic heterocycles. The number of fused-ring (bicyclic) bond motifs is 1. The monoisotopic (exact) mass is 425 g/mol. The van der Waals surface area contributed by atoms with Crippen molar-refractivity contribution >= 4 is 33.3 Å². The summed E-state index contributed by atoms with van der Waals surface area (Å²) in [6.07, 6.45) is 0. The molecule has 0 N–H and O–H groups in total. The van der Waals surface area contributed by atoms with E-state index in [9.17, 15) is 0 Å². The zero-order chi connectivity index (χ0) is 20.4. The number of thiophene rings is 1. The molecule has 150 valence electrons. The van der Waals surface area contributed by atoms with E-state index in [4.69, 9.17) is 9.97 Å². The molecule has 3 heterocycles. The Bertz CT molecular complexity index is 1120. The van der Waals surface area contributed by atoms with E-state index < -0.39 is 0 Å².